The van der Waals surface area contributed by atoms with Crippen LogP contribution >= 0.6 is 0 Å². The fourth-order valence-electron chi connectivity index (χ4n) is 2.49. The first kappa shape index (κ1) is 12.4. The maximum atomic E-state index is 5.81. The molecule has 0 aromatic carbocycles. The van der Waals surface area contributed by atoms with Gasteiger partial charge in [-0.3, -0.25) is 4.99 Å². The summed E-state index contributed by atoms with van der Waals surface area (Å²) in [5.41, 5.74) is 5.81. The highest BCUT2D eigenvalue weighted by molar-refractivity contribution is 5.78. The van der Waals surface area contributed by atoms with Crippen molar-refractivity contribution in [2.24, 2.45) is 10.7 Å². The number of hydrogen-bond donors (Lipinski definition) is 2. The minimum Gasteiger partial charge on any atom is -0.370 e. The minimum absolute atomic E-state index is 0.563. The molecule has 0 amide bonds. The molecule has 1 saturated carbocycles. The first-order chi connectivity index (χ1) is 9.33. The number of nitrogens with one attached hydrogen (secondary N) is 1. The lowest BCUT2D eigenvalue weighted by molar-refractivity contribution is 0.604. The Kier molecular flexibility index (Phi) is 3.66. The maximum absolute atomic E-state index is 5.81. The number of aliphatic imine (C=N–C) groups is 1. The van der Waals surface area contributed by atoms with Crippen LogP contribution in [0.1, 0.15) is 43.8 Å². The van der Waals surface area contributed by atoms with Gasteiger partial charge < -0.3 is 15.6 Å². The Morgan fingerprint density at radius 2 is 2.21 bits per heavy atom. The monoisotopic (exact) mass is 262 g/mol. The average Bonchev–Trinajstić information content (AvgIpc) is 3.16. The smallest absolute Gasteiger partial charge is 0.188 e. The zero-order chi connectivity index (χ0) is 13.1. The zero-order valence-corrected chi connectivity index (χ0v) is 11.3. The van der Waals surface area contributed by atoms with E-state index in [1.165, 1.54) is 32.1 Å². The fourth-order valence-corrected chi connectivity index (χ4v) is 2.49. The van der Waals surface area contributed by atoms with Gasteiger partial charge in [-0.2, -0.15) is 0 Å². The molecule has 0 unspecified atom stereocenters. The van der Waals surface area contributed by atoms with Crippen LogP contribution in [-0.4, -0.2) is 33.3 Å². The normalized spacial score (nSPS) is 19.9. The number of nitrogens with two attached hydrogens (primary N) is 1. The van der Waals surface area contributed by atoms with Crippen LogP contribution in [0.3, 0.4) is 0 Å². The Labute approximate surface area is 113 Å². The third-order valence-corrected chi connectivity index (χ3v) is 3.73. The van der Waals surface area contributed by atoms with Crippen molar-refractivity contribution in [3.8, 4) is 0 Å². The lowest BCUT2D eigenvalue weighted by atomic mass is 10.2. The Balaban J connectivity index is 1.56. The number of aryl methyl sites for hydroxylation is 1. The summed E-state index contributed by atoms with van der Waals surface area (Å²) in [6.07, 6.45) is 8.06. The lowest BCUT2D eigenvalue weighted by Gasteiger charge is -2.06. The summed E-state index contributed by atoms with van der Waals surface area (Å²) in [7, 11) is 0. The van der Waals surface area contributed by atoms with E-state index in [0.717, 1.165) is 31.0 Å². The molecular formula is C13H22N6. The summed E-state index contributed by atoms with van der Waals surface area (Å²) in [5.74, 6) is 2.76. The third kappa shape index (κ3) is 3.24. The van der Waals surface area contributed by atoms with Gasteiger partial charge in [-0.15, -0.1) is 10.2 Å². The van der Waals surface area contributed by atoms with E-state index in [1.54, 1.807) is 0 Å². The molecule has 104 valence electrons. The van der Waals surface area contributed by atoms with E-state index < -0.39 is 0 Å². The molecule has 19 heavy (non-hydrogen) atoms. The molecule has 1 aliphatic carbocycles. The van der Waals surface area contributed by atoms with Crippen LogP contribution in [0.15, 0.2) is 4.99 Å². The zero-order valence-electron chi connectivity index (χ0n) is 11.3. The quantitative estimate of drug-likeness (QED) is 0.615. The maximum Gasteiger partial charge on any atom is 0.188 e. The molecule has 1 aliphatic heterocycles. The van der Waals surface area contributed by atoms with E-state index in [2.05, 4.69) is 25.1 Å². The van der Waals surface area contributed by atoms with Crippen LogP contribution in [0, 0.1) is 0 Å². The lowest BCUT2D eigenvalue weighted by Crippen LogP contribution is -2.33. The van der Waals surface area contributed by atoms with Crippen molar-refractivity contribution in [2.75, 3.05) is 6.54 Å². The molecule has 6 nitrogen and oxygen atoms in total. The van der Waals surface area contributed by atoms with Gasteiger partial charge >= 0.3 is 0 Å². The number of hydrogen-bond acceptors (Lipinski definition) is 3. The summed E-state index contributed by atoms with van der Waals surface area (Å²) >= 11 is 0. The number of nitrogens with zero attached hydrogens (tertiary/aromatic N) is 4. The van der Waals surface area contributed by atoms with Crippen LogP contribution in [-0.2, 0) is 19.4 Å². The summed E-state index contributed by atoms with van der Waals surface area (Å²) < 4.78 is 2.27. The molecule has 1 aromatic heterocycles. The van der Waals surface area contributed by atoms with Crippen LogP contribution in [0.5, 0.6) is 0 Å². The molecular weight excluding hydrogens is 240 g/mol. The van der Waals surface area contributed by atoms with Crippen LogP contribution in [0.4, 0.5) is 0 Å². The van der Waals surface area contributed by atoms with E-state index in [4.69, 9.17) is 5.73 Å². The Morgan fingerprint density at radius 3 is 3.05 bits per heavy atom. The number of aromatic nitrogens is 3. The van der Waals surface area contributed by atoms with Crippen LogP contribution in [0.2, 0.25) is 0 Å². The van der Waals surface area contributed by atoms with Gasteiger partial charge in [0.05, 0.1) is 0 Å². The largest absolute Gasteiger partial charge is 0.370 e. The molecule has 1 aromatic rings. The topological polar surface area (TPSA) is 81.1 Å². The summed E-state index contributed by atoms with van der Waals surface area (Å²) in [5, 5.41) is 11.8. The Morgan fingerprint density at radius 1 is 1.32 bits per heavy atom. The number of fused-ring (bicyclic) bond motifs is 1. The highest BCUT2D eigenvalue weighted by Crippen LogP contribution is 2.18. The molecule has 3 rings (SSSR count). The van der Waals surface area contributed by atoms with Gasteiger partial charge in [0.15, 0.2) is 5.96 Å². The van der Waals surface area contributed by atoms with Gasteiger partial charge in [-0.25, -0.2) is 0 Å². The van der Waals surface area contributed by atoms with Crippen molar-refractivity contribution < 1.29 is 0 Å². The third-order valence-electron chi connectivity index (χ3n) is 3.73. The van der Waals surface area contributed by atoms with Gasteiger partial charge in [-0.1, -0.05) is 6.42 Å². The van der Waals surface area contributed by atoms with Gasteiger partial charge in [0, 0.05) is 32.0 Å². The van der Waals surface area contributed by atoms with Crippen molar-refractivity contribution in [1.29, 1.82) is 0 Å². The molecule has 0 atom stereocenters. The SMILES string of the molecule is NC(=NCCc1nnc2n1CCCCC2)NC1CC1. The predicted octanol–water partition coefficient (Wildman–Crippen LogP) is 0.614. The Bertz CT molecular complexity index is 460. The molecule has 0 bridgehead atoms. The van der Waals surface area contributed by atoms with E-state index in [9.17, 15) is 0 Å². The van der Waals surface area contributed by atoms with Gasteiger partial charge in [-0.05, 0) is 25.7 Å². The molecule has 0 saturated heterocycles. The van der Waals surface area contributed by atoms with Gasteiger partial charge in [0.2, 0.25) is 0 Å². The fraction of sp³-hybridized carbons (Fsp3) is 0.769. The van der Waals surface area contributed by atoms with Crippen LogP contribution in [0.25, 0.3) is 0 Å². The van der Waals surface area contributed by atoms with Gasteiger partial charge in [0.1, 0.15) is 11.6 Å². The van der Waals surface area contributed by atoms with Crippen molar-refractivity contribution in [3.05, 3.63) is 11.6 Å². The number of rotatable bonds is 4. The molecule has 1 fully saturated rings. The molecule has 3 N–H and O–H groups in total. The highest BCUT2D eigenvalue weighted by atomic mass is 15.3. The van der Waals surface area contributed by atoms with E-state index in [0.29, 0.717) is 18.5 Å². The molecule has 0 spiro atoms. The highest BCUT2D eigenvalue weighted by Gasteiger charge is 2.21. The second kappa shape index (κ2) is 5.59. The number of guanidine groups is 1. The van der Waals surface area contributed by atoms with Gasteiger partial charge in [0.25, 0.3) is 0 Å². The van der Waals surface area contributed by atoms with Crippen molar-refractivity contribution in [2.45, 2.75) is 57.5 Å². The summed E-state index contributed by atoms with van der Waals surface area (Å²) in [6.45, 7) is 1.74. The molecule has 2 heterocycles. The van der Waals surface area contributed by atoms with E-state index >= 15 is 0 Å². The second-order valence-electron chi connectivity index (χ2n) is 5.43. The van der Waals surface area contributed by atoms with Crippen molar-refractivity contribution >= 4 is 5.96 Å². The second-order valence-corrected chi connectivity index (χ2v) is 5.43. The first-order valence-corrected chi connectivity index (χ1v) is 7.30. The summed E-state index contributed by atoms with van der Waals surface area (Å²) in [4.78, 5) is 4.35. The molecule has 0 radical (unpaired) electrons. The van der Waals surface area contributed by atoms with Crippen molar-refractivity contribution in [1.82, 2.24) is 20.1 Å². The summed E-state index contributed by atoms with van der Waals surface area (Å²) in [6, 6.07) is 0.563. The average molecular weight is 262 g/mol. The van der Waals surface area contributed by atoms with Crippen molar-refractivity contribution in [3.63, 3.8) is 0 Å². The molecule has 2 aliphatic rings. The minimum atomic E-state index is 0.563. The van der Waals surface area contributed by atoms with E-state index in [-0.39, 0.29) is 0 Å². The molecule has 6 heteroatoms. The Hall–Kier alpha value is -1.59. The van der Waals surface area contributed by atoms with Crippen LogP contribution < -0.4 is 11.1 Å². The van der Waals surface area contributed by atoms with E-state index in [1.807, 2.05) is 0 Å². The standard InChI is InChI=1S/C13H22N6/c14-13(16-10-5-6-10)15-8-7-12-18-17-11-4-2-1-3-9-19(11)12/h10H,1-9H2,(H3,14,15,16). The first-order valence-electron chi connectivity index (χ1n) is 7.30. The predicted molar refractivity (Wildman–Crippen MR) is 73.9 cm³/mol.